The summed E-state index contributed by atoms with van der Waals surface area (Å²) in [5, 5.41) is 16.9. The summed E-state index contributed by atoms with van der Waals surface area (Å²) in [7, 11) is 2.01. The van der Waals surface area contributed by atoms with Gasteiger partial charge in [0.25, 0.3) is 0 Å². The summed E-state index contributed by atoms with van der Waals surface area (Å²) in [6.07, 6.45) is 3.95. The number of aliphatic hydroxyl groups is 1. The Morgan fingerprint density at radius 1 is 1.50 bits per heavy atom. The highest BCUT2D eigenvalue weighted by Crippen LogP contribution is 2.29. The highest BCUT2D eigenvalue weighted by Gasteiger charge is 2.30. The van der Waals surface area contributed by atoms with Gasteiger partial charge in [0.15, 0.2) is 5.96 Å². The van der Waals surface area contributed by atoms with E-state index in [0.29, 0.717) is 6.54 Å². The minimum absolute atomic E-state index is 0. The van der Waals surface area contributed by atoms with Gasteiger partial charge in [-0.25, -0.2) is 4.98 Å². The average Bonchev–Trinajstić information content (AvgIpc) is 3.04. The van der Waals surface area contributed by atoms with E-state index < -0.39 is 5.60 Å². The van der Waals surface area contributed by atoms with Gasteiger partial charge < -0.3 is 15.3 Å². The molecule has 1 heterocycles. The van der Waals surface area contributed by atoms with Crippen molar-refractivity contribution in [2.45, 2.75) is 51.7 Å². The Balaban J connectivity index is 0.00000242. The van der Waals surface area contributed by atoms with Gasteiger partial charge in [0.05, 0.1) is 29.4 Å². The molecule has 1 aliphatic carbocycles. The molecule has 1 aromatic rings. The molecule has 1 aromatic heterocycles. The molecule has 126 valence electrons. The first-order valence-electron chi connectivity index (χ1n) is 7.65. The zero-order valence-corrected chi connectivity index (χ0v) is 16.8. The molecule has 2 rings (SSSR count). The van der Waals surface area contributed by atoms with E-state index in [1.165, 1.54) is 0 Å². The van der Waals surface area contributed by atoms with Crippen molar-refractivity contribution >= 4 is 41.3 Å². The predicted octanol–water partition coefficient (Wildman–Crippen LogP) is 2.77. The average molecular weight is 438 g/mol. The summed E-state index contributed by atoms with van der Waals surface area (Å²) in [5.74, 6) is 0.837. The van der Waals surface area contributed by atoms with Crippen molar-refractivity contribution in [3.8, 4) is 0 Å². The van der Waals surface area contributed by atoms with Crippen molar-refractivity contribution in [2.75, 3.05) is 20.1 Å². The Hall–Kier alpha value is -0.410. The van der Waals surface area contributed by atoms with E-state index in [4.69, 9.17) is 0 Å². The van der Waals surface area contributed by atoms with Crippen LogP contribution in [0.4, 0.5) is 0 Å². The van der Waals surface area contributed by atoms with Crippen LogP contribution in [0.1, 0.15) is 43.3 Å². The van der Waals surface area contributed by atoms with Crippen LogP contribution in [-0.4, -0.2) is 46.7 Å². The number of rotatable bonds is 5. The van der Waals surface area contributed by atoms with Crippen LogP contribution >= 0.6 is 35.3 Å². The molecule has 1 saturated carbocycles. The van der Waals surface area contributed by atoms with Gasteiger partial charge in [-0.2, -0.15) is 0 Å². The minimum Gasteiger partial charge on any atom is -0.388 e. The van der Waals surface area contributed by atoms with Crippen LogP contribution in [0, 0.1) is 6.92 Å². The number of thiazole rings is 1. The maximum absolute atomic E-state index is 10.4. The second kappa shape index (κ2) is 9.02. The fourth-order valence-electron chi connectivity index (χ4n) is 2.68. The van der Waals surface area contributed by atoms with E-state index in [9.17, 15) is 5.11 Å². The molecule has 0 aliphatic heterocycles. The van der Waals surface area contributed by atoms with Gasteiger partial charge in [-0.15, -0.1) is 35.3 Å². The molecule has 7 heteroatoms. The lowest BCUT2D eigenvalue weighted by atomic mass is 10.0. The predicted molar refractivity (Wildman–Crippen MR) is 103 cm³/mol. The van der Waals surface area contributed by atoms with Crippen molar-refractivity contribution in [2.24, 2.45) is 4.99 Å². The van der Waals surface area contributed by atoms with E-state index in [0.717, 1.165) is 55.4 Å². The van der Waals surface area contributed by atoms with Crippen LogP contribution in [0.25, 0.3) is 0 Å². The van der Waals surface area contributed by atoms with E-state index in [-0.39, 0.29) is 24.0 Å². The number of halogens is 1. The molecular weight excluding hydrogens is 411 g/mol. The van der Waals surface area contributed by atoms with Gasteiger partial charge >= 0.3 is 0 Å². The van der Waals surface area contributed by atoms with Crippen LogP contribution in [0.3, 0.4) is 0 Å². The van der Waals surface area contributed by atoms with Crippen molar-refractivity contribution in [3.63, 3.8) is 0 Å². The van der Waals surface area contributed by atoms with Gasteiger partial charge in [0.1, 0.15) is 0 Å². The molecule has 5 nitrogen and oxygen atoms in total. The SMILES string of the molecule is CCNC(=NCC1(O)CCCC1)N(C)Cc1csc(C)n1.I. The van der Waals surface area contributed by atoms with Gasteiger partial charge in [0, 0.05) is 19.0 Å². The Labute approximate surface area is 154 Å². The molecule has 0 saturated heterocycles. The molecule has 0 bridgehead atoms. The van der Waals surface area contributed by atoms with Gasteiger partial charge in [0.2, 0.25) is 0 Å². The Bertz CT molecular complexity index is 486. The van der Waals surface area contributed by atoms with Crippen molar-refractivity contribution in [1.82, 2.24) is 15.2 Å². The second-order valence-electron chi connectivity index (χ2n) is 5.82. The number of aryl methyl sites for hydroxylation is 1. The summed E-state index contributed by atoms with van der Waals surface area (Å²) in [5.41, 5.74) is 0.462. The third-order valence-corrected chi connectivity index (χ3v) is 4.64. The van der Waals surface area contributed by atoms with E-state index in [1.54, 1.807) is 11.3 Å². The van der Waals surface area contributed by atoms with Crippen LogP contribution in [0.5, 0.6) is 0 Å². The molecule has 0 amide bonds. The summed E-state index contributed by atoms with van der Waals surface area (Å²) in [4.78, 5) is 11.2. The van der Waals surface area contributed by atoms with E-state index in [1.807, 2.05) is 14.0 Å². The lowest BCUT2D eigenvalue weighted by Crippen LogP contribution is -2.40. The summed E-state index contributed by atoms with van der Waals surface area (Å²) in [6.45, 7) is 6.10. The number of aliphatic imine (C=N–C) groups is 1. The van der Waals surface area contributed by atoms with Crippen molar-refractivity contribution in [1.29, 1.82) is 0 Å². The van der Waals surface area contributed by atoms with Crippen LogP contribution in [-0.2, 0) is 6.54 Å². The van der Waals surface area contributed by atoms with Crippen LogP contribution in [0.15, 0.2) is 10.4 Å². The number of hydrogen-bond acceptors (Lipinski definition) is 4. The van der Waals surface area contributed by atoms with Crippen LogP contribution < -0.4 is 5.32 Å². The summed E-state index contributed by atoms with van der Waals surface area (Å²) >= 11 is 1.67. The Kier molecular flexibility index (Phi) is 8.06. The maximum Gasteiger partial charge on any atom is 0.194 e. The van der Waals surface area contributed by atoms with Crippen molar-refractivity contribution < 1.29 is 5.11 Å². The quantitative estimate of drug-likeness (QED) is 0.422. The molecule has 0 aromatic carbocycles. The first-order valence-corrected chi connectivity index (χ1v) is 8.53. The zero-order valence-electron chi connectivity index (χ0n) is 13.6. The van der Waals surface area contributed by atoms with E-state index >= 15 is 0 Å². The molecule has 0 unspecified atom stereocenters. The summed E-state index contributed by atoms with van der Waals surface area (Å²) in [6, 6.07) is 0. The first-order chi connectivity index (χ1) is 10.0. The number of nitrogens with zero attached hydrogens (tertiary/aromatic N) is 3. The fourth-order valence-corrected chi connectivity index (χ4v) is 3.29. The van der Waals surface area contributed by atoms with Gasteiger partial charge in [-0.05, 0) is 26.7 Å². The monoisotopic (exact) mass is 438 g/mol. The first kappa shape index (κ1) is 19.6. The van der Waals surface area contributed by atoms with E-state index in [2.05, 4.69) is 32.5 Å². The van der Waals surface area contributed by atoms with Crippen molar-refractivity contribution in [3.05, 3.63) is 16.1 Å². The second-order valence-corrected chi connectivity index (χ2v) is 6.88. The fraction of sp³-hybridized carbons (Fsp3) is 0.733. The van der Waals surface area contributed by atoms with Gasteiger partial charge in [-0.3, -0.25) is 4.99 Å². The summed E-state index contributed by atoms with van der Waals surface area (Å²) < 4.78 is 0. The van der Waals surface area contributed by atoms with Crippen LogP contribution in [0.2, 0.25) is 0 Å². The smallest absolute Gasteiger partial charge is 0.194 e. The Morgan fingerprint density at radius 3 is 2.73 bits per heavy atom. The molecule has 2 N–H and O–H groups in total. The zero-order chi connectivity index (χ0) is 15.3. The molecule has 0 atom stereocenters. The molecule has 1 aliphatic rings. The molecular formula is C15H27IN4OS. The lowest BCUT2D eigenvalue weighted by molar-refractivity contribution is 0.0572. The maximum atomic E-state index is 10.4. The molecule has 0 spiro atoms. The molecule has 0 radical (unpaired) electrons. The third kappa shape index (κ3) is 5.66. The topological polar surface area (TPSA) is 60.8 Å². The lowest BCUT2D eigenvalue weighted by Gasteiger charge is -2.24. The normalized spacial score (nSPS) is 17.2. The number of hydrogen-bond donors (Lipinski definition) is 2. The third-order valence-electron chi connectivity index (χ3n) is 3.82. The van der Waals surface area contributed by atoms with Gasteiger partial charge in [-0.1, -0.05) is 12.8 Å². The highest BCUT2D eigenvalue weighted by molar-refractivity contribution is 14.0. The highest BCUT2D eigenvalue weighted by atomic mass is 127. The Morgan fingerprint density at radius 2 is 2.18 bits per heavy atom. The largest absolute Gasteiger partial charge is 0.388 e. The number of guanidine groups is 1. The number of aromatic nitrogens is 1. The minimum atomic E-state index is -0.598. The molecule has 22 heavy (non-hydrogen) atoms. The standard InChI is InChI=1S/C15H26N4OS.HI/c1-4-16-14(17-11-15(20)7-5-6-8-15)19(3)9-13-10-21-12(2)18-13;/h10,20H,4-9,11H2,1-3H3,(H,16,17);1H. The molecule has 1 fully saturated rings. The number of nitrogens with one attached hydrogen (secondary N) is 1.